The number of halogens is 2. The first-order valence-electron chi connectivity index (χ1n) is 4.39. The van der Waals surface area contributed by atoms with Crippen LogP contribution in [0.25, 0.3) is 0 Å². The highest BCUT2D eigenvalue weighted by atomic mass is 79.9. The molecule has 3 nitrogen and oxygen atoms in total. The van der Waals surface area contributed by atoms with Crippen LogP contribution in [0.15, 0.2) is 18.2 Å². The van der Waals surface area contributed by atoms with Crippen molar-refractivity contribution in [1.82, 2.24) is 5.32 Å². The van der Waals surface area contributed by atoms with E-state index in [0.717, 1.165) is 12.0 Å². The minimum Gasteiger partial charge on any atom is -0.495 e. The molecule has 1 aromatic rings. The second kappa shape index (κ2) is 5.98. The van der Waals surface area contributed by atoms with Crippen LogP contribution in [0, 0.1) is 0 Å². The lowest BCUT2D eigenvalue weighted by atomic mass is 10.1. The number of amides is 1. The van der Waals surface area contributed by atoms with Crippen molar-refractivity contribution < 1.29 is 9.53 Å². The average Bonchev–Trinajstić information content (AvgIpc) is 2.17. The average molecular weight is 293 g/mol. The second-order valence-electron chi connectivity index (χ2n) is 2.92. The van der Waals surface area contributed by atoms with E-state index in [1.807, 2.05) is 18.2 Å². The third kappa shape index (κ3) is 4.10. The third-order valence-corrected chi connectivity index (χ3v) is 2.47. The molecule has 1 aromatic carbocycles. The van der Waals surface area contributed by atoms with Gasteiger partial charge in [0.2, 0.25) is 0 Å². The summed E-state index contributed by atoms with van der Waals surface area (Å²) >= 11 is 8.74. The monoisotopic (exact) mass is 291 g/mol. The summed E-state index contributed by atoms with van der Waals surface area (Å²) in [7, 11) is 1.58. The maximum atomic E-state index is 10.6. The lowest BCUT2D eigenvalue weighted by Gasteiger charge is -2.06. The van der Waals surface area contributed by atoms with Gasteiger partial charge in [0.1, 0.15) is 5.75 Å². The predicted molar refractivity (Wildman–Crippen MR) is 64.0 cm³/mol. The summed E-state index contributed by atoms with van der Waals surface area (Å²) in [5, 5.41) is 3.23. The summed E-state index contributed by atoms with van der Waals surface area (Å²) in [6, 6.07) is 5.57. The maximum absolute atomic E-state index is 10.6. The highest BCUT2D eigenvalue weighted by Gasteiger charge is 2.01. The molecule has 0 atom stereocenters. The SMILES string of the molecule is COc1ccc(CCNC(=O)Br)cc1Cl. The lowest BCUT2D eigenvalue weighted by Crippen LogP contribution is -2.18. The Bertz CT molecular complexity index is 357. The molecule has 0 aliphatic carbocycles. The van der Waals surface area contributed by atoms with Gasteiger partial charge in [0.05, 0.1) is 12.1 Å². The van der Waals surface area contributed by atoms with Crippen molar-refractivity contribution >= 4 is 32.3 Å². The molecule has 15 heavy (non-hydrogen) atoms. The molecule has 1 amide bonds. The first-order valence-corrected chi connectivity index (χ1v) is 5.56. The van der Waals surface area contributed by atoms with Gasteiger partial charge in [-0.15, -0.1) is 0 Å². The van der Waals surface area contributed by atoms with Crippen LogP contribution >= 0.6 is 27.5 Å². The molecule has 0 heterocycles. The van der Waals surface area contributed by atoms with E-state index in [1.165, 1.54) is 0 Å². The van der Waals surface area contributed by atoms with E-state index < -0.39 is 0 Å². The van der Waals surface area contributed by atoms with Crippen molar-refractivity contribution in [1.29, 1.82) is 0 Å². The summed E-state index contributed by atoms with van der Waals surface area (Å²) in [5.74, 6) is 0.657. The van der Waals surface area contributed by atoms with Gasteiger partial charge < -0.3 is 10.1 Å². The zero-order valence-corrected chi connectivity index (χ0v) is 10.6. The van der Waals surface area contributed by atoms with Gasteiger partial charge in [-0.05, 0) is 24.1 Å². The van der Waals surface area contributed by atoms with Crippen molar-refractivity contribution in [2.75, 3.05) is 13.7 Å². The van der Waals surface area contributed by atoms with E-state index in [4.69, 9.17) is 16.3 Å². The minimum absolute atomic E-state index is 0.206. The first-order chi connectivity index (χ1) is 7.13. The number of hydrogen-bond donors (Lipinski definition) is 1. The quantitative estimate of drug-likeness (QED) is 0.684. The Morgan fingerprint density at radius 3 is 2.87 bits per heavy atom. The molecule has 0 spiro atoms. The Kier molecular flexibility index (Phi) is 4.91. The van der Waals surface area contributed by atoms with Gasteiger partial charge >= 0.3 is 0 Å². The fourth-order valence-electron chi connectivity index (χ4n) is 1.17. The summed E-state index contributed by atoms with van der Waals surface area (Å²) in [6.07, 6.45) is 0.737. The van der Waals surface area contributed by atoms with Crippen molar-refractivity contribution in [3.8, 4) is 5.75 Å². The molecule has 0 fully saturated rings. The van der Waals surface area contributed by atoms with Crippen LogP contribution < -0.4 is 10.1 Å². The van der Waals surface area contributed by atoms with Crippen LogP contribution in [-0.2, 0) is 6.42 Å². The fraction of sp³-hybridized carbons (Fsp3) is 0.300. The summed E-state index contributed by atoms with van der Waals surface area (Å²) in [4.78, 5) is 10.4. The Labute approximate surface area is 102 Å². The van der Waals surface area contributed by atoms with Crippen LogP contribution in [0.5, 0.6) is 5.75 Å². The van der Waals surface area contributed by atoms with E-state index in [-0.39, 0.29) is 4.82 Å². The number of ether oxygens (including phenoxy) is 1. The second-order valence-corrected chi connectivity index (χ2v) is 4.05. The van der Waals surface area contributed by atoms with Gasteiger partial charge in [0.15, 0.2) is 0 Å². The van der Waals surface area contributed by atoms with Crippen molar-refractivity contribution in [2.45, 2.75) is 6.42 Å². The number of benzene rings is 1. The van der Waals surface area contributed by atoms with Crippen molar-refractivity contribution in [2.24, 2.45) is 0 Å². The maximum Gasteiger partial charge on any atom is 0.287 e. The molecule has 1 rings (SSSR count). The Balaban J connectivity index is 2.55. The Morgan fingerprint density at radius 2 is 2.33 bits per heavy atom. The number of rotatable bonds is 4. The largest absolute Gasteiger partial charge is 0.495 e. The standard InChI is InChI=1S/C10H11BrClNO2/c1-15-9-3-2-7(6-8(9)12)4-5-13-10(11)14/h2-3,6H,4-5H2,1H3,(H,13,14). The van der Waals surface area contributed by atoms with Crippen molar-refractivity contribution in [3.63, 3.8) is 0 Å². The van der Waals surface area contributed by atoms with Gasteiger partial charge in [0.25, 0.3) is 4.82 Å². The summed E-state index contributed by atoms with van der Waals surface area (Å²) in [6.45, 7) is 0.576. The molecule has 0 aliphatic rings. The molecule has 1 N–H and O–H groups in total. The highest BCUT2D eigenvalue weighted by molar-refractivity contribution is 9.18. The lowest BCUT2D eigenvalue weighted by molar-refractivity contribution is 0.262. The van der Waals surface area contributed by atoms with Crippen LogP contribution in [0.1, 0.15) is 5.56 Å². The van der Waals surface area contributed by atoms with E-state index >= 15 is 0 Å². The number of carbonyl (C=O) groups excluding carboxylic acids is 1. The number of hydrogen-bond acceptors (Lipinski definition) is 2. The highest BCUT2D eigenvalue weighted by Crippen LogP contribution is 2.24. The fourth-order valence-corrected chi connectivity index (χ4v) is 1.65. The number of methoxy groups -OCH3 is 1. The van der Waals surface area contributed by atoms with E-state index in [1.54, 1.807) is 7.11 Å². The van der Waals surface area contributed by atoms with E-state index in [9.17, 15) is 4.79 Å². The van der Waals surface area contributed by atoms with E-state index in [2.05, 4.69) is 21.2 Å². The topological polar surface area (TPSA) is 38.3 Å². The van der Waals surface area contributed by atoms with Gasteiger partial charge in [0, 0.05) is 22.5 Å². The molecular formula is C10H11BrClNO2. The zero-order chi connectivity index (χ0) is 11.3. The number of carbonyl (C=O) groups is 1. The molecule has 0 saturated heterocycles. The van der Waals surface area contributed by atoms with Gasteiger partial charge in [-0.2, -0.15) is 0 Å². The predicted octanol–water partition coefficient (Wildman–Crippen LogP) is 3.00. The molecular weight excluding hydrogens is 281 g/mol. The molecule has 0 aliphatic heterocycles. The molecule has 5 heteroatoms. The molecule has 0 unspecified atom stereocenters. The van der Waals surface area contributed by atoms with E-state index in [0.29, 0.717) is 17.3 Å². The van der Waals surface area contributed by atoms with Crippen LogP contribution in [0.2, 0.25) is 5.02 Å². The Morgan fingerprint density at radius 1 is 1.60 bits per heavy atom. The molecule has 0 aromatic heterocycles. The summed E-state index contributed by atoms with van der Waals surface area (Å²) in [5.41, 5.74) is 1.06. The van der Waals surface area contributed by atoms with Gasteiger partial charge in [-0.25, -0.2) is 0 Å². The normalized spacial score (nSPS) is 9.80. The smallest absolute Gasteiger partial charge is 0.287 e. The zero-order valence-electron chi connectivity index (χ0n) is 8.22. The molecule has 0 radical (unpaired) electrons. The number of nitrogens with one attached hydrogen (secondary N) is 1. The first kappa shape index (κ1) is 12.3. The van der Waals surface area contributed by atoms with Crippen molar-refractivity contribution in [3.05, 3.63) is 28.8 Å². The van der Waals surface area contributed by atoms with Crippen LogP contribution in [-0.4, -0.2) is 18.5 Å². The van der Waals surface area contributed by atoms with Gasteiger partial charge in [-0.1, -0.05) is 17.7 Å². The molecule has 0 bridgehead atoms. The van der Waals surface area contributed by atoms with Gasteiger partial charge in [-0.3, -0.25) is 4.79 Å². The van der Waals surface area contributed by atoms with Crippen LogP contribution in [0.3, 0.4) is 0 Å². The molecule has 82 valence electrons. The third-order valence-electron chi connectivity index (χ3n) is 1.89. The molecule has 0 saturated carbocycles. The van der Waals surface area contributed by atoms with Crippen LogP contribution in [0.4, 0.5) is 4.79 Å². The Hall–Kier alpha value is -0.740. The summed E-state index contributed by atoms with van der Waals surface area (Å²) < 4.78 is 5.03. The minimum atomic E-state index is -0.206.